The molecule has 0 saturated carbocycles. The maximum absolute atomic E-state index is 11.8. The van der Waals surface area contributed by atoms with E-state index >= 15 is 0 Å². The summed E-state index contributed by atoms with van der Waals surface area (Å²) in [5.41, 5.74) is 0.876. The first-order chi connectivity index (χ1) is 10.1. The summed E-state index contributed by atoms with van der Waals surface area (Å²) in [4.78, 5) is 23.6. The predicted octanol–water partition coefficient (Wildman–Crippen LogP) is 0.716. The lowest BCUT2D eigenvalue weighted by atomic mass is 10.1. The van der Waals surface area contributed by atoms with Crippen molar-refractivity contribution in [1.82, 2.24) is 16.0 Å². The van der Waals surface area contributed by atoms with Crippen molar-refractivity contribution < 1.29 is 14.3 Å². The Morgan fingerprint density at radius 1 is 1.38 bits per heavy atom. The van der Waals surface area contributed by atoms with Gasteiger partial charge in [-0.3, -0.25) is 15.5 Å². The molecule has 1 aliphatic heterocycles. The van der Waals surface area contributed by atoms with Gasteiger partial charge in [0.05, 0.1) is 0 Å². The zero-order valence-corrected chi connectivity index (χ0v) is 11.5. The second-order valence-corrected chi connectivity index (χ2v) is 4.69. The summed E-state index contributed by atoms with van der Waals surface area (Å²) in [7, 11) is 0. The molecule has 112 valence electrons. The van der Waals surface area contributed by atoms with Gasteiger partial charge >= 0.3 is 6.09 Å². The van der Waals surface area contributed by atoms with Gasteiger partial charge in [-0.25, -0.2) is 4.79 Å². The summed E-state index contributed by atoms with van der Waals surface area (Å²) in [5.74, 6) is -0.465. The minimum absolute atomic E-state index is 0.0517. The molecule has 0 bridgehead atoms. The number of amides is 2. The van der Waals surface area contributed by atoms with Crippen molar-refractivity contribution >= 4 is 18.0 Å². The molecule has 0 unspecified atom stereocenters. The Morgan fingerprint density at radius 3 is 2.90 bits per heavy atom. The Balaban J connectivity index is 1.83. The molecule has 4 N–H and O–H groups in total. The van der Waals surface area contributed by atoms with E-state index in [0.717, 1.165) is 5.56 Å². The number of hydrogen-bond donors (Lipinski definition) is 4. The summed E-state index contributed by atoms with van der Waals surface area (Å²) >= 11 is 0. The van der Waals surface area contributed by atoms with E-state index in [1.807, 2.05) is 30.3 Å². The third kappa shape index (κ3) is 4.79. The lowest BCUT2D eigenvalue weighted by molar-refractivity contribution is -0.122. The third-order valence-corrected chi connectivity index (χ3v) is 3.04. The monoisotopic (exact) mass is 290 g/mol. The Labute approximate surface area is 122 Å². The van der Waals surface area contributed by atoms with Crippen molar-refractivity contribution in [2.45, 2.75) is 25.5 Å². The van der Waals surface area contributed by atoms with Gasteiger partial charge in [-0.1, -0.05) is 30.3 Å². The number of carbonyl (C=O) groups is 2. The fraction of sp³-hybridized carbons (Fsp3) is 0.357. The van der Waals surface area contributed by atoms with Gasteiger partial charge in [0.15, 0.2) is 5.96 Å². The molecule has 1 saturated heterocycles. The molecule has 2 amide bonds. The van der Waals surface area contributed by atoms with Crippen LogP contribution in [0.2, 0.25) is 0 Å². The molecular weight excluding hydrogens is 272 g/mol. The first-order valence-corrected chi connectivity index (χ1v) is 6.75. The van der Waals surface area contributed by atoms with E-state index in [0.29, 0.717) is 19.4 Å². The second kappa shape index (κ2) is 7.28. The number of guanidine groups is 1. The SMILES string of the molecule is N=C1NCCC[C@@H](NC(=O)OCc2ccccc2)C(=O)N1. The Morgan fingerprint density at radius 2 is 2.14 bits per heavy atom. The first-order valence-electron chi connectivity index (χ1n) is 6.75. The van der Waals surface area contributed by atoms with E-state index in [9.17, 15) is 9.59 Å². The molecule has 0 spiro atoms. The van der Waals surface area contributed by atoms with Crippen molar-refractivity contribution in [3.63, 3.8) is 0 Å². The van der Waals surface area contributed by atoms with E-state index in [2.05, 4.69) is 16.0 Å². The summed E-state index contributed by atoms with van der Waals surface area (Å²) in [6, 6.07) is 8.61. The number of benzene rings is 1. The number of nitrogens with one attached hydrogen (secondary N) is 4. The van der Waals surface area contributed by atoms with Gasteiger partial charge in [-0.05, 0) is 18.4 Å². The van der Waals surface area contributed by atoms with E-state index in [4.69, 9.17) is 10.1 Å². The van der Waals surface area contributed by atoms with Gasteiger partial charge < -0.3 is 15.4 Å². The molecule has 0 aromatic heterocycles. The minimum atomic E-state index is -0.685. The molecule has 1 heterocycles. The molecule has 1 aromatic rings. The van der Waals surface area contributed by atoms with Crippen molar-refractivity contribution in [2.75, 3.05) is 6.54 Å². The average molecular weight is 290 g/mol. The van der Waals surface area contributed by atoms with Crippen LogP contribution in [0.25, 0.3) is 0 Å². The highest BCUT2D eigenvalue weighted by Crippen LogP contribution is 2.03. The normalized spacial score (nSPS) is 18.8. The maximum atomic E-state index is 11.8. The lowest BCUT2D eigenvalue weighted by Gasteiger charge is -2.21. The predicted molar refractivity (Wildman–Crippen MR) is 76.7 cm³/mol. The Bertz CT molecular complexity index is 518. The van der Waals surface area contributed by atoms with Crippen LogP contribution in [0.3, 0.4) is 0 Å². The van der Waals surface area contributed by atoms with Gasteiger partial charge in [-0.15, -0.1) is 0 Å². The van der Waals surface area contributed by atoms with Gasteiger partial charge in [0, 0.05) is 6.54 Å². The van der Waals surface area contributed by atoms with Crippen molar-refractivity contribution in [3.8, 4) is 0 Å². The lowest BCUT2D eigenvalue weighted by Crippen LogP contribution is -2.53. The van der Waals surface area contributed by atoms with E-state index in [1.165, 1.54) is 0 Å². The topological polar surface area (TPSA) is 103 Å². The van der Waals surface area contributed by atoms with Crippen molar-refractivity contribution in [3.05, 3.63) is 35.9 Å². The molecule has 0 radical (unpaired) electrons. The summed E-state index contributed by atoms with van der Waals surface area (Å²) in [5, 5.41) is 15.1. The number of rotatable bonds is 3. The van der Waals surface area contributed by atoms with Crippen LogP contribution in [0.4, 0.5) is 4.79 Å². The van der Waals surface area contributed by atoms with Crippen LogP contribution in [-0.4, -0.2) is 30.5 Å². The molecule has 1 aromatic carbocycles. The van der Waals surface area contributed by atoms with Gasteiger partial charge in [0.1, 0.15) is 12.6 Å². The highest BCUT2D eigenvalue weighted by atomic mass is 16.5. The van der Waals surface area contributed by atoms with Crippen LogP contribution in [0.1, 0.15) is 18.4 Å². The van der Waals surface area contributed by atoms with Crippen LogP contribution >= 0.6 is 0 Å². The number of alkyl carbamates (subject to hydrolysis) is 1. The number of ether oxygens (including phenoxy) is 1. The number of carbonyl (C=O) groups excluding carboxylic acids is 2. The molecular formula is C14H18N4O3. The minimum Gasteiger partial charge on any atom is -0.445 e. The fourth-order valence-corrected chi connectivity index (χ4v) is 1.95. The Kier molecular flexibility index (Phi) is 5.14. The van der Waals surface area contributed by atoms with Crippen LogP contribution in [0.5, 0.6) is 0 Å². The van der Waals surface area contributed by atoms with Crippen LogP contribution in [-0.2, 0) is 16.1 Å². The van der Waals surface area contributed by atoms with E-state index < -0.39 is 18.0 Å². The Hall–Kier alpha value is -2.57. The molecule has 0 aliphatic carbocycles. The molecule has 7 heteroatoms. The third-order valence-electron chi connectivity index (χ3n) is 3.04. The van der Waals surface area contributed by atoms with Gasteiger partial charge in [0.25, 0.3) is 0 Å². The van der Waals surface area contributed by atoms with E-state index in [1.54, 1.807) is 0 Å². The standard InChI is InChI=1S/C14H18N4O3/c15-13-16-8-4-7-11(12(19)18-13)17-14(20)21-9-10-5-2-1-3-6-10/h1-3,5-6,11H,4,7-9H2,(H,17,20)(H3,15,16,18,19)/t11-/m1/s1. The zero-order chi connectivity index (χ0) is 15.1. The quantitative estimate of drug-likeness (QED) is 0.658. The van der Waals surface area contributed by atoms with Crippen molar-refractivity contribution in [2.24, 2.45) is 0 Å². The number of hydrogen-bond acceptors (Lipinski definition) is 4. The van der Waals surface area contributed by atoms with Crippen LogP contribution < -0.4 is 16.0 Å². The maximum Gasteiger partial charge on any atom is 0.408 e. The molecule has 2 rings (SSSR count). The molecule has 1 aliphatic rings. The van der Waals surface area contributed by atoms with Crippen LogP contribution in [0.15, 0.2) is 30.3 Å². The highest BCUT2D eigenvalue weighted by molar-refractivity contribution is 5.99. The van der Waals surface area contributed by atoms with Crippen molar-refractivity contribution in [1.29, 1.82) is 5.41 Å². The average Bonchev–Trinajstić information content (AvgIpc) is 2.48. The van der Waals surface area contributed by atoms with Gasteiger partial charge in [-0.2, -0.15) is 0 Å². The highest BCUT2D eigenvalue weighted by Gasteiger charge is 2.23. The molecule has 21 heavy (non-hydrogen) atoms. The van der Waals surface area contributed by atoms with E-state index in [-0.39, 0.29) is 12.6 Å². The smallest absolute Gasteiger partial charge is 0.408 e. The summed E-state index contributed by atoms with van der Waals surface area (Å²) < 4.78 is 5.08. The molecule has 1 fully saturated rings. The fourth-order valence-electron chi connectivity index (χ4n) is 1.95. The zero-order valence-electron chi connectivity index (χ0n) is 11.5. The largest absolute Gasteiger partial charge is 0.445 e. The van der Waals surface area contributed by atoms with Gasteiger partial charge in [0.2, 0.25) is 5.91 Å². The first kappa shape index (κ1) is 14.8. The summed E-state index contributed by atoms with van der Waals surface area (Å²) in [6.07, 6.45) is 0.533. The van der Waals surface area contributed by atoms with Crippen LogP contribution in [0, 0.1) is 5.41 Å². The summed E-state index contributed by atoms with van der Waals surface area (Å²) in [6.45, 7) is 0.731. The second-order valence-electron chi connectivity index (χ2n) is 4.69. The molecule has 7 nitrogen and oxygen atoms in total. The molecule has 1 atom stereocenters.